The molecule has 0 saturated carbocycles. The maximum Gasteiger partial charge on any atom is 0.261 e. The number of benzene rings is 1. The molecule has 1 aromatic carbocycles. The van der Waals surface area contributed by atoms with E-state index in [-0.39, 0.29) is 36.1 Å². The molecule has 158 valence electrons. The first kappa shape index (κ1) is 20.5. The van der Waals surface area contributed by atoms with Crippen LogP contribution in [0.15, 0.2) is 54.7 Å². The van der Waals surface area contributed by atoms with E-state index in [1.165, 1.54) is 0 Å². The van der Waals surface area contributed by atoms with Crippen LogP contribution in [-0.2, 0) is 10.2 Å². The molecule has 8 nitrogen and oxygen atoms in total. The highest BCUT2D eigenvalue weighted by molar-refractivity contribution is 6.21. The third-order valence-electron chi connectivity index (χ3n) is 5.05. The van der Waals surface area contributed by atoms with Crippen LogP contribution in [0.5, 0.6) is 0 Å². The van der Waals surface area contributed by atoms with E-state index in [2.05, 4.69) is 15.4 Å². The Morgan fingerprint density at radius 2 is 1.65 bits per heavy atom. The second-order valence-electron chi connectivity index (χ2n) is 8.37. The second kappa shape index (κ2) is 7.79. The second-order valence-corrected chi connectivity index (χ2v) is 8.37. The molecule has 31 heavy (non-hydrogen) atoms. The summed E-state index contributed by atoms with van der Waals surface area (Å²) in [7, 11) is 0. The van der Waals surface area contributed by atoms with Crippen molar-refractivity contribution in [2.45, 2.75) is 32.6 Å². The fourth-order valence-corrected chi connectivity index (χ4v) is 3.35. The molecule has 2 aromatic heterocycles. The number of aromatic nitrogens is 3. The molecule has 0 atom stereocenters. The van der Waals surface area contributed by atoms with Crippen molar-refractivity contribution in [1.29, 1.82) is 0 Å². The summed E-state index contributed by atoms with van der Waals surface area (Å²) in [6.45, 7) is 6.10. The Labute approximate surface area is 179 Å². The standard InChI is InChI=1S/C23H23N5O3/c1-23(2,3)17-14-19(28(26-17)18-10-6-7-12-24-18)25-20(29)11-13-27-21(30)15-8-4-5-9-16(15)22(27)31/h4-10,12,14H,11,13H2,1-3H3,(H,25,29). The molecule has 0 aliphatic carbocycles. The summed E-state index contributed by atoms with van der Waals surface area (Å²) >= 11 is 0. The number of fused-ring (bicyclic) bond motifs is 1. The van der Waals surface area contributed by atoms with Crippen molar-refractivity contribution in [3.8, 4) is 5.82 Å². The number of rotatable bonds is 5. The van der Waals surface area contributed by atoms with E-state index in [4.69, 9.17) is 0 Å². The predicted molar refractivity (Wildman–Crippen MR) is 115 cm³/mol. The number of hydrogen-bond acceptors (Lipinski definition) is 5. The van der Waals surface area contributed by atoms with Gasteiger partial charge in [-0.3, -0.25) is 19.3 Å². The van der Waals surface area contributed by atoms with Gasteiger partial charge in [-0.15, -0.1) is 0 Å². The minimum absolute atomic E-state index is 0.00202. The number of imide groups is 1. The zero-order valence-corrected chi connectivity index (χ0v) is 17.6. The maximum absolute atomic E-state index is 12.7. The number of carbonyl (C=O) groups excluding carboxylic acids is 3. The summed E-state index contributed by atoms with van der Waals surface area (Å²) < 4.78 is 1.58. The SMILES string of the molecule is CC(C)(C)c1cc(NC(=O)CCN2C(=O)c3ccccc3C2=O)n(-c2ccccn2)n1. The normalized spacial score (nSPS) is 13.5. The molecular weight excluding hydrogens is 394 g/mol. The molecule has 1 aliphatic rings. The van der Waals surface area contributed by atoms with Crippen molar-refractivity contribution in [2.24, 2.45) is 0 Å². The van der Waals surface area contributed by atoms with Crippen LogP contribution in [0.4, 0.5) is 5.82 Å². The monoisotopic (exact) mass is 417 g/mol. The largest absolute Gasteiger partial charge is 0.310 e. The fourth-order valence-electron chi connectivity index (χ4n) is 3.35. The van der Waals surface area contributed by atoms with Gasteiger partial charge in [0.1, 0.15) is 5.82 Å². The molecule has 4 rings (SSSR count). The first-order valence-electron chi connectivity index (χ1n) is 10.0. The average Bonchev–Trinajstić information content (AvgIpc) is 3.27. The molecule has 3 amide bonds. The molecule has 0 fully saturated rings. The predicted octanol–water partition coefficient (Wildman–Crippen LogP) is 3.19. The van der Waals surface area contributed by atoms with Crippen LogP contribution < -0.4 is 5.32 Å². The van der Waals surface area contributed by atoms with Crippen molar-refractivity contribution in [3.05, 3.63) is 71.5 Å². The van der Waals surface area contributed by atoms with Crippen molar-refractivity contribution in [3.63, 3.8) is 0 Å². The number of anilines is 1. The highest BCUT2D eigenvalue weighted by atomic mass is 16.2. The van der Waals surface area contributed by atoms with Gasteiger partial charge in [-0.25, -0.2) is 4.98 Å². The van der Waals surface area contributed by atoms with Crippen LogP contribution in [-0.4, -0.2) is 43.9 Å². The lowest BCUT2D eigenvalue weighted by Gasteiger charge is -2.14. The summed E-state index contributed by atoms with van der Waals surface area (Å²) in [5, 5.41) is 7.46. The first-order chi connectivity index (χ1) is 14.8. The highest BCUT2D eigenvalue weighted by Gasteiger charge is 2.35. The Kier molecular flexibility index (Phi) is 5.14. The van der Waals surface area contributed by atoms with E-state index in [1.807, 2.05) is 32.9 Å². The Hall–Kier alpha value is -3.81. The lowest BCUT2D eigenvalue weighted by Crippen LogP contribution is -2.33. The van der Waals surface area contributed by atoms with Gasteiger partial charge in [0.15, 0.2) is 5.82 Å². The molecular formula is C23H23N5O3. The number of amides is 3. The summed E-state index contributed by atoms with van der Waals surface area (Å²) in [6, 6.07) is 13.9. The smallest absolute Gasteiger partial charge is 0.261 e. The van der Waals surface area contributed by atoms with Crippen molar-refractivity contribution >= 4 is 23.5 Å². The zero-order chi connectivity index (χ0) is 22.2. The number of nitrogens with one attached hydrogen (secondary N) is 1. The van der Waals surface area contributed by atoms with E-state index in [9.17, 15) is 14.4 Å². The van der Waals surface area contributed by atoms with Gasteiger partial charge in [-0.2, -0.15) is 9.78 Å². The molecule has 1 aliphatic heterocycles. The van der Waals surface area contributed by atoms with Gasteiger partial charge in [0, 0.05) is 30.6 Å². The summed E-state index contributed by atoms with van der Waals surface area (Å²) in [5.41, 5.74) is 1.32. The van der Waals surface area contributed by atoms with Gasteiger partial charge in [-0.05, 0) is 24.3 Å². The fraction of sp³-hybridized carbons (Fsp3) is 0.261. The Morgan fingerprint density at radius 1 is 1.00 bits per heavy atom. The summed E-state index contributed by atoms with van der Waals surface area (Å²) in [5.74, 6) is -0.0115. The number of hydrogen-bond donors (Lipinski definition) is 1. The highest BCUT2D eigenvalue weighted by Crippen LogP contribution is 2.26. The van der Waals surface area contributed by atoms with Crippen LogP contribution in [0.2, 0.25) is 0 Å². The summed E-state index contributed by atoms with van der Waals surface area (Å²) in [6.07, 6.45) is 1.63. The van der Waals surface area contributed by atoms with Gasteiger partial charge in [0.2, 0.25) is 5.91 Å². The molecule has 3 heterocycles. The summed E-state index contributed by atoms with van der Waals surface area (Å²) in [4.78, 5) is 43.1. The van der Waals surface area contributed by atoms with E-state index in [0.29, 0.717) is 22.8 Å². The van der Waals surface area contributed by atoms with Crippen molar-refractivity contribution in [2.75, 3.05) is 11.9 Å². The molecule has 3 aromatic rings. The number of nitrogens with zero attached hydrogens (tertiary/aromatic N) is 4. The van der Waals surface area contributed by atoms with Gasteiger partial charge in [0.05, 0.1) is 16.8 Å². The number of carbonyl (C=O) groups is 3. The van der Waals surface area contributed by atoms with Crippen LogP contribution >= 0.6 is 0 Å². The minimum atomic E-state index is -0.373. The van der Waals surface area contributed by atoms with Crippen LogP contribution in [0.25, 0.3) is 5.82 Å². The van der Waals surface area contributed by atoms with E-state index in [0.717, 1.165) is 10.6 Å². The van der Waals surface area contributed by atoms with Crippen LogP contribution in [0.3, 0.4) is 0 Å². The first-order valence-corrected chi connectivity index (χ1v) is 10.0. The lowest BCUT2D eigenvalue weighted by atomic mass is 9.92. The van der Waals surface area contributed by atoms with E-state index < -0.39 is 0 Å². The third kappa shape index (κ3) is 3.96. The van der Waals surface area contributed by atoms with Gasteiger partial charge < -0.3 is 5.32 Å². The van der Waals surface area contributed by atoms with Gasteiger partial charge in [0.25, 0.3) is 11.8 Å². The molecule has 0 bridgehead atoms. The molecule has 0 saturated heterocycles. The minimum Gasteiger partial charge on any atom is -0.310 e. The lowest BCUT2D eigenvalue weighted by molar-refractivity contribution is -0.116. The van der Waals surface area contributed by atoms with Gasteiger partial charge >= 0.3 is 0 Å². The van der Waals surface area contributed by atoms with Crippen LogP contribution in [0.1, 0.15) is 53.6 Å². The third-order valence-corrected chi connectivity index (χ3v) is 5.05. The Morgan fingerprint density at radius 3 is 2.23 bits per heavy atom. The van der Waals surface area contributed by atoms with Gasteiger partial charge in [-0.1, -0.05) is 39.0 Å². The Balaban J connectivity index is 1.50. The molecule has 0 unspecified atom stereocenters. The average molecular weight is 417 g/mol. The molecule has 1 N–H and O–H groups in total. The topological polar surface area (TPSA) is 97.2 Å². The van der Waals surface area contributed by atoms with Crippen molar-refractivity contribution in [1.82, 2.24) is 19.7 Å². The van der Waals surface area contributed by atoms with E-state index >= 15 is 0 Å². The van der Waals surface area contributed by atoms with Crippen molar-refractivity contribution < 1.29 is 14.4 Å². The maximum atomic E-state index is 12.7. The molecule has 8 heteroatoms. The zero-order valence-electron chi connectivity index (χ0n) is 17.6. The quantitative estimate of drug-likeness (QED) is 0.643. The Bertz CT molecular complexity index is 1130. The van der Waals surface area contributed by atoms with E-state index in [1.54, 1.807) is 47.3 Å². The molecule has 0 radical (unpaired) electrons. The van der Waals surface area contributed by atoms with Crippen LogP contribution in [0, 0.1) is 0 Å². The number of pyridine rings is 1. The molecule has 0 spiro atoms.